The van der Waals surface area contributed by atoms with Crippen molar-refractivity contribution in [3.63, 3.8) is 0 Å². The van der Waals surface area contributed by atoms with E-state index in [1.54, 1.807) is 0 Å². The third-order valence-corrected chi connectivity index (χ3v) is 3.62. The maximum Gasteiger partial charge on any atom is 0.0214 e. The van der Waals surface area contributed by atoms with E-state index in [9.17, 15) is 0 Å². The monoisotopic (exact) mass is 183 g/mol. The third-order valence-electron chi connectivity index (χ3n) is 2.25. The van der Waals surface area contributed by atoms with E-state index in [-0.39, 0.29) is 0 Å². The SMILES string of the molecule is C#CCCN1CCSC(CC)C1. The van der Waals surface area contributed by atoms with Crippen molar-refractivity contribution in [3.05, 3.63) is 0 Å². The van der Waals surface area contributed by atoms with Crippen LogP contribution in [0, 0.1) is 12.3 Å². The lowest BCUT2D eigenvalue weighted by Crippen LogP contribution is -2.37. The van der Waals surface area contributed by atoms with Crippen LogP contribution in [0.25, 0.3) is 0 Å². The van der Waals surface area contributed by atoms with Crippen LogP contribution in [-0.4, -0.2) is 35.5 Å². The van der Waals surface area contributed by atoms with Crippen LogP contribution in [0.2, 0.25) is 0 Å². The molecule has 0 spiro atoms. The van der Waals surface area contributed by atoms with Crippen molar-refractivity contribution < 1.29 is 0 Å². The van der Waals surface area contributed by atoms with Crippen LogP contribution < -0.4 is 0 Å². The molecule has 1 nitrogen and oxygen atoms in total. The molecule has 1 saturated heterocycles. The first-order chi connectivity index (χ1) is 5.86. The molecular formula is C10H17NS. The largest absolute Gasteiger partial charge is 0.300 e. The smallest absolute Gasteiger partial charge is 0.0214 e. The summed E-state index contributed by atoms with van der Waals surface area (Å²) < 4.78 is 0. The van der Waals surface area contributed by atoms with Crippen LogP contribution in [0.15, 0.2) is 0 Å². The Labute approximate surface area is 79.9 Å². The van der Waals surface area contributed by atoms with Gasteiger partial charge in [0.1, 0.15) is 0 Å². The molecular weight excluding hydrogens is 166 g/mol. The normalized spacial score (nSPS) is 25.2. The number of nitrogens with zero attached hydrogens (tertiary/aromatic N) is 1. The Morgan fingerprint density at radius 3 is 3.17 bits per heavy atom. The minimum Gasteiger partial charge on any atom is -0.300 e. The summed E-state index contributed by atoms with van der Waals surface area (Å²) in [6.45, 7) is 5.82. The number of hydrogen-bond donors (Lipinski definition) is 0. The van der Waals surface area contributed by atoms with Crippen molar-refractivity contribution in [1.29, 1.82) is 0 Å². The molecule has 1 aliphatic rings. The first kappa shape index (κ1) is 9.95. The van der Waals surface area contributed by atoms with Crippen molar-refractivity contribution in [2.24, 2.45) is 0 Å². The summed E-state index contributed by atoms with van der Waals surface area (Å²) in [7, 11) is 0. The van der Waals surface area contributed by atoms with Gasteiger partial charge < -0.3 is 4.90 Å². The van der Waals surface area contributed by atoms with Gasteiger partial charge in [-0.3, -0.25) is 0 Å². The van der Waals surface area contributed by atoms with Gasteiger partial charge in [0.2, 0.25) is 0 Å². The molecule has 0 aromatic rings. The van der Waals surface area contributed by atoms with E-state index < -0.39 is 0 Å². The van der Waals surface area contributed by atoms with Crippen LogP contribution in [-0.2, 0) is 0 Å². The van der Waals surface area contributed by atoms with Gasteiger partial charge in [0, 0.05) is 37.1 Å². The summed E-state index contributed by atoms with van der Waals surface area (Å²) in [6, 6.07) is 0. The third kappa shape index (κ3) is 3.08. The zero-order chi connectivity index (χ0) is 8.81. The van der Waals surface area contributed by atoms with E-state index in [4.69, 9.17) is 6.42 Å². The molecule has 0 aromatic heterocycles. The molecule has 0 radical (unpaired) electrons. The summed E-state index contributed by atoms with van der Waals surface area (Å²) in [6.07, 6.45) is 7.42. The maximum atomic E-state index is 5.23. The molecule has 68 valence electrons. The molecule has 1 unspecified atom stereocenters. The summed E-state index contributed by atoms with van der Waals surface area (Å²) in [5.74, 6) is 3.98. The summed E-state index contributed by atoms with van der Waals surface area (Å²) >= 11 is 2.11. The molecule has 12 heavy (non-hydrogen) atoms. The number of terminal acetylenes is 1. The Bertz CT molecular complexity index is 162. The topological polar surface area (TPSA) is 3.24 Å². The summed E-state index contributed by atoms with van der Waals surface area (Å²) in [5, 5.41) is 0.844. The van der Waals surface area contributed by atoms with Gasteiger partial charge in [-0.2, -0.15) is 11.8 Å². The first-order valence-electron chi connectivity index (χ1n) is 4.64. The van der Waals surface area contributed by atoms with Gasteiger partial charge in [-0.15, -0.1) is 12.3 Å². The van der Waals surface area contributed by atoms with Gasteiger partial charge >= 0.3 is 0 Å². The molecule has 0 aliphatic carbocycles. The van der Waals surface area contributed by atoms with E-state index in [1.807, 2.05) is 0 Å². The average molecular weight is 183 g/mol. The zero-order valence-electron chi connectivity index (χ0n) is 7.75. The van der Waals surface area contributed by atoms with Gasteiger partial charge in [-0.05, 0) is 6.42 Å². The summed E-state index contributed by atoms with van der Waals surface area (Å²) in [5.41, 5.74) is 0. The second-order valence-corrected chi connectivity index (χ2v) is 4.56. The van der Waals surface area contributed by atoms with Crippen LogP contribution in [0.1, 0.15) is 19.8 Å². The minimum atomic E-state index is 0.844. The second kappa shape index (κ2) is 5.50. The van der Waals surface area contributed by atoms with Gasteiger partial charge in [0.25, 0.3) is 0 Å². The molecule has 0 bridgehead atoms. The fourth-order valence-electron chi connectivity index (χ4n) is 1.45. The van der Waals surface area contributed by atoms with Gasteiger partial charge in [-0.25, -0.2) is 0 Å². The quantitative estimate of drug-likeness (QED) is 0.614. The molecule has 1 aliphatic heterocycles. The Morgan fingerprint density at radius 1 is 1.67 bits per heavy atom. The minimum absolute atomic E-state index is 0.844. The van der Waals surface area contributed by atoms with Crippen molar-refractivity contribution >= 4 is 11.8 Å². The number of thioether (sulfide) groups is 1. The average Bonchev–Trinajstić information content (AvgIpc) is 2.15. The summed E-state index contributed by atoms with van der Waals surface area (Å²) in [4.78, 5) is 2.49. The van der Waals surface area contributed by atoms with Crippen molar-refractivity contribution in [2.45, 2.75) is 25.0 Å². The molecule has 0 aromatic carbocycles. The lowest BCUT2D eigenvalue weighted by atomic mass is 10.3. The van der Waals surface area contributed by atoms with Gasteiger partial charge in [0.15, 0.2) is 0 Å². The number of hydrogen-bond acceptors (Lipinski definition) is 2. The van der Waals surface area contributed by atoms with E-state index in [0.717, 1.165) is 18.2 Å². The molecule has 1 rings (SSSR count). The van der Waals surface area contributed by atoms with Crippen molar-refractivity contribution in [2.75, 3.05) is 25.4 Å². The molecule has 0 amide bonds. The standard InChI is InChI=1S/C10H17NS/c1-3-5-6-11-7-8-12-10(4-2)9-11/h1,10H,4-9H2,2H3. The van der Waals surface area contributed by atoms with Crippen LogP contribution in [0.4, 0.5) is 0 Å². The van der Waals surface area contributed by atoms with Crippen LogP contribution >= 0.6 is 11.8 Å². The predicted octanol–water partition coefficient (Wildman–Crippen LogP) is 1.84. The molecule has 1 fully saturated rings. The highest BCUT2D eigenvalue weighted by molar-refractivity contribution is 8.00. The molecule has 1 atom stereocenters. The lowest BCUT2D eigenvalue weighted by Gasteiger charge is -2.31. The molecule has 1 heterocycles. The van der Waals surface area contributed by atoms with Crippen molar-refractivity contribution in [1.82, 2.24) is 4.90 Å². The van der Waals surface area contributed by atoms with E-state index in [1.165, 1.54) is 25.3 Å². The molecule has 2 heteroatoms. The van der Waals surface area contributed by atoms with Crippen LogP contribution in [0.5, 0.6) is 0 Å². The Morgan fingerprint density at radius 2 is 2.50 bits per heavy atom. The highest BCUT2D eigenvalue weighted by Crippen LogP contribution is 2.20. The van der Waals surface area contributed by atoms with E-state index >= 15 is 0 Å². The number of rotatable bonds is 3. The highest BCUT2D eigenvalue weighted by Gasteiger charge is 2.17. The van der Waals surface area contributed by atoms with E-state index in [0.29, 0.717) is 0 Å². The molecule has 0 N–H and O–H groups in total. The van der Waals surface area contributed by atoms with Gasteiger partial charge in [0.05, 0.1) is 0 Å². The lowest BCUT2D eigenvalue weighted by molar-refractivity contribution is 0.288. The maximum absolute atomic E-state index is 5.23. The Hall–Kier alpha value is -0.130. The first-order valence-corrected chi connectivity index (χ1v) is 5.69. The Kier molecular flexibility index (Phi) is 4.57. The fraction of sp³-hybridized carbons (Fsp3) is 0.800. The van der Waals surface area contributed by atoms with Crippen molar-refractivity contribution in [3.8, 4) is 12.3 Å². The van der Waals surface area contributed by atoms with Crippen LogP contribution in [0.3, 0.4) is 0 Å². The second-order valence-electron chi connectivity index (χ2n) is 3.16. The molecule has 0 saturated carbocycles. The predicted molar refractivity (Wildman–Crippen MR) is 56.4 cm³/mol. The van der Waals surface area contributed by atoms with Gasteiger partial charge in [-0.1, -0.05) is 6.92 Å². The van der Waals surface area contributed by atoms with E-state index in [2.05, 4.69) is 29.5 Å². The zero-order valence-corrected chi connectivity index (χ0v) is 8.57. The Balaban J connectivity index is 2.22. The highest BCUT2D eigenvalue weighted by atomic mass is 32.2. The fourth-order valence-corrected chi connectivity index (χ4v) is 2.70.